The monoisotopic (exact) mass is 392 g/mol. The molecular formula is C16H13BrN2OS2. The fourth-order valence-corrected chi connectivity index (χ4v) is 4.25. The van der Waals surface area contributed by atoms with Crippen molar-refractivity contribution in [3.8, 4) is 9.88 Å². The summed E-state index contributed by atoms with van der Waals surface area (Å²) in [4.78, 5) is 18.6. The van der Waals surface area contributed by atoms with E-state index in [9.17, 15) is 4.79 Å². The van der Waals surface area contributed by atoms with E-state index in [1.807, 2.05) is 48.7 Å². The van der Waals surface area contributed by atoms with E-state index in [0.29, 0.717) is 11.4 Å². The van der Waals surface area contributed by atoms with E-state index >= 15 is 0 Å². The Balaban J connectivity index is 1.72. The minimum Gasteiger partial charge on any atom is -0.347 e. The maximum Gasteiger partial charge on any atom is 0.263 e. The Morgan fingerprint density at radius 2 is 2.18 bits per heavy atom. The van der Waals surface area contributed by atoms with Crippen LogP contribution in [0.3, 0.4) is 0 Å². The highest BCUT2D eigenvalue weighted by molar-refractivity contribution is 9.10. The van der Waals surface area contributed by atoms with Crippen molar-refractivity contribution < 1.29 is 4.79 Å². The topological polar surface area (TPSA) is 42.0 Å². The van der Waals surface area contributed by atoms with Crippen LogP contribution in [-0.2, 0) is 6.54 Å². The largest absolute Gasteiger partial charge is 0.347 e. The minimum atomic E-state index is -0.0715. The molecule has 3 rings (SSSR count). The Bertz CT molecular complexity index is 796. The Morgan fingerprint density at radius 1 is 1.32 bits per heavy atom. The summed E-state index contributed by atoms with van der Waals surface area (Å²) in [6.45, 7) is 2.38. The molecule has 3 nitrogen and oxygen atoms in total. The molecule has 0 spiro atoms. The first-order valence-electron chi connectivity index (χ1n) is 6.67. The molecule has 0 bridgehead atoms. The number of carbonyl (C=O) groups excluding carboxylic acids is 1. The molecule has 0 saturated heterocycles. The Kier molecular flexibility index (Phi) is 4.71. The van der Waals surface area contributed by atoms with E-state index < -0.39 is 0 Å². The van der Waals surface area contributed by atoms with Crippen molar-refractivity contribution in [2.45, 2.75) is 13.5 Å². The van der Waals surface area contributed by atoms with Crippen molar-refractivity contribution in [3.05, 3.63) is 62.4 Å². The number of carbonyl (C=O) groups is 1. The number of hydrogen-bond donors (Lipinski definition) is 1. The third kappa shape index (κ3) is 3.45. The van der Waals surface area contributed by atoms with Gasteiger partial charge in [-0.2, -0.15) is 0 Å². The number of amides is 1. The van der Waals surface area contributed by atoms with Crippen molar-refractivity contribution in [2.75, 3.05) is 0 Å². The zero-order valence-electron chi connectivity index (χ0n) is 11.8. The van der Waals surface area contributed by atoms with Gasteiger partial charge in [0.25, 0.3) is 5.91 Å². The van der Waals surface area contributed by atoms with Gasteiger partial charge in [0.05, 0.1) is 10.6 Å². The number of thiophene rings is 1. The molecule has 0 aliphatic carbocycles. The summed E-state index contributed by atoms with van der Waals surface area (Å²) in [6, 6.07) is 11.9. The summed E-state index contributed by atoms with van der Waals surface area (Å²) >= 11 is 6.51. The third-order valence-corrected chi connectivity index (χ3v) is 5.77. The fraction of sp³-hybridized carbons (Fsp3) is 0.125. The molecule has 0 radical (unpaired) electrons. The van der Waals surface area contributed by atoms with E-state index in [1.165, 1.54) is 11.3 Å². The van der Waals surface area contributed by atoms with E-state index in [4.69, 9.17) is 0 Å². The van der Waals surface area contributed by atoms with E-state index in [0.717, 1.165) is 25.6 Å². The molecule has 1 amide bonds. The number of aryl methyl sites for hydroxylation is 1. The maximum absolute atomic E-state index is 12.4. The molecule has 2 aromatic heterocycles. The zero-order chi connectivity index (χ0) is 15.5. The first-order chi connectivity index (χ1) is 10.6. The standard InChI is InChI=1S/C16H13BrN2OS2/c1-10-14(22-16(19-10)13-6-3-7-21-13)15(20)18-9-11-4-2-5-12(17)8-11/h2-8H,9H2,1H3,(H,18,20). The molecule has 0 aliphatic heterocycles. The molecule has 112 valence electrons. The molecule has 22 heavy (non-hydrogen) atoms. The summed E-state index contributed by atoms with van der Waals surface area (Å²) in [5.74, 6) is -0.0715. The van der Waals surface area contributed by atoms with Crippen LogP contribution in [0, 0.1) is 6.92 Å². The number of nitrogens with one attached hydrogen (secondary N) is 1. The Morgan fingerprint density at radius 3 is 2.91 bits per heavy atom. The second-order valence-corrected chi connectivity index (χ2v) is 7.59. The molecule has 3 aromatic rings. The maximum atomic E-state index is 12.4. The van der Waals surface area contributed by atoms with Gasteiger partial charge in [0.1, 0.15) is 9.88 Å². The molecule has 0 unspecified atom stereocenters. The Hall–Kier alpha value is -1.50. The van der Waals surface area contributed by atoms with Crippen LogP contribution in [-0.4, -0.2) is 10.9 Å². The van der Waals surface area contributed by atoms with Gasteiger partial charge in [-0.25, -0.2) is 4.98 Å². The second-order valence-electron chi connectivity index (χ2n) is 4.72. The normalized spacial score (nSPS) is 10.6. The van der Waals surface area contributed by atoms with Crippen LogP contribution >= 0.6 is 38.6 Å². The summed E-state index contributed by atoms with van der Waals surface area (Å²) in [7, 11) is 0. The van der Waals surface area contributed by atoms with Gasteiger partial charge in [0.15, 0.2) is 0 Å². The number of benzene rings is 1. The number of aromatic nitrogens is 1. The van der Waals surface area contributed by atoms with Crippen LogP contribution in [0.1, 0.15) is 20.9 Å². The SMILES string of the molecule is Cc1nc(-c2cccs2)sc1C(=O)NCc1cccc(Br)c1. The molecule has 6 heteroatoms. The number of hydrogen-bond acceptors (Lipinski definition) is 4. The van der Waals surface area contributed by atoms with Crippen molar-refractivity contribution >= 4 is 44.5 Å². The van der Waals surface area contributed by atoms with Crippen LogP contribution in [0.5, 0.6) is 0 Å². The predicted molar refractivity (Wildman–Crippen MR) is 95.5 cm³/mol. The highest BCUT2D eigenvalue weighted by Crippen LogP contribution is 2.31. The van der Waals surface area contributed by atoms with Gasteiger partial charge in [0.2, 0.25) is 0 Å². The first kappa shape index (κ1) is 15.4. The van der Waals surface area contributed by atoms with Crippen LogP contribution in [0.2, 0.25) is 0 Å². The molecule has 1 aromatic carbocycles. The van der Waals surface area contributed by atoms with Crippen molar-refractivity contribution in [1.29, 1.82) is 0 Å². The smallest absolute Gasteiger partial charge is 0.263 e. The Labute approximate surface area is 145 Å². The van der Waals surface area contributed by atoms with Crippen LogP contribution in [0.25, 0.3) is 9.88 Å². The number of nitrogens with zero attached hydrogens (tertiary/aromatic N) is 1. The zero-order valence-corrected chi connectivity index (χ0v) is 15.0. The second kappa shape index (κ2) is 6.73. The highest BCUT2D eigenvalue weighted by Gasteiger charge is 2.16. The van der Waals surface area contributed by atoms with Crippen molar-refractivity contribution in [1.82, 2.24) is 10.3 Å². The minimum absolute atomic E-state index is 0.0715. The van der Waals surface area contributed by atoms with E-state index in [2.05, 4.69) is 26.2 Å². The molecule has 0 fully saturated rings. The summed E-state index contributed by atoms with van der Waals surface area (Å²) in [5, 5.41) is 5.87. The van der Waals surface area contributed by atoms with Crippen molar-refractivity contribution in [2.24, 2.45) is 0 Å². The molecule has 0 saturated carbocycles. The van der Waals surface area contributed by atoms with E-state index in [1.54, 1.807) is 11.3 Å². The number of rotatable bonds is 4. The molecule has 0 atom stereocenters. The average molecular weight is 393 g/mol. The highest BCUT2D eigenvalue weighted by atomic mass is 79.9. The van der Waals surface area contributed by atoms with Crippen LogP contribution in [0.4, 0.5) is 0 Å². The lowest BCUT2D eigenvalue weighted by Crippen LogP contribution is -2.22. The van der Waals surface area contributed by atoms with Gasteiger partial charge in [0, 0.05) is 11.0 Å². The van der Waals surface area contributed by atoms with Crippen LogP contribution in [0.15, 0.2) is 46.3 Å². The lowest BCUT2D eigenvalue weighted by Gasteiger charge is -2.04. The first-order valence-corrected chi connectivity index (χ1v) is 9.16. The van der Waals surface area contributed by atoms with Gasteiger partial charge in [-0.1, -0.05) is 34.1 Å². The van der Waals surface area contributed by atoms with Gasteiger partial charge in [-0.3, -0.25) is 4.79 Å². The lowest BCUT2D eigenvalue weighted by molar-refractivity contribution is 0.0954. The quantitative estimate of drug-likeness (QED) is 0.687. The predicted octanol–water partition coefficient (Wildman–Crippen LogP) is 4.87. The lowest BCUT2D eigenvalue weighted by atomic mass is 10.2. The van der Waals surface area contributed by atoms with Gasteiger partial charge in [-0.05, 0) is 36.1 Å². The van der Waals surface area contributed by atoms with Crippen LogP contribution < -0.4 is 5.32 Å². The molecule has 0 aliphatic rings. The summed E-state index contributed by atoms with van der Waals surface area (Å²) in [6.07, 6.45) is 0. The number of thiazole rings is 1. The molecule has 2 heterocycles. The van der Waals surface area contributed by atoms with Gasteiger partial charge < -0.3 is 5.32 Å². The third-order valence-electron chi connectivity index (χ3n) is 3.08. The number of halogens is 1. The molecular weight excluding hydrogens is 380 g/mol. The average Bonchev–Trinajstić information content (AvgIpc) is 3.14. The van der Waals surface area contributed by atoms with Gasteiger partial charge >= 0.3 is 0 Å². The summed E-state index contributed by atoms with van der Waals surface area (Å²) < 4.78 is 1.01. The van der Waals surface area contributed by atoms with Crippen molar-refractivity contribution in [3.63, 3.8) is 0 Å². The fourth-order valence-electron chi connectivity index (χ4n) is 2.02. The van der Waals surface area contributed by atoms with Gasteiger partial charge in [-0.15, -0.1) is 22.7 Å². The summed E-state index contributed by atoms with van der Waals surface area (Å²) in [5.41, 5.74) is 1.84. The molecule has 1 N–H and O–H groups in total. The van der Waals surface area contributed by atoms with E-state index in [-0.39, 0.29) is 5.91 Å².